The molecule has 3 nitrogen and oxygen atoms in total. The van der Waals surface area contributed by atoms with Gasteiger partial charge in [0.1, 0.15) is 0 Å². The molecule has 0 saturated carbocycles. The van der Waals surface area contributed by atoms with Crippen LogP contribution in [0.3, 0.4) is 0 Å². The summed E-state index contributed by atoms with van der Waals surface area (Å²) in [6, 6.07) is 30.0. The minimum Gasteiger partial charge on any atom is -1.00 e. The van der Waals surface area contributed by atoms with Gasteiger partial charge in [-0.25, -0.2) is 6.07 Å². The molecule has 10 heteroatoms. The first-order valence-electron chi connectivity index (χ1n) is 11.9. The average Bonchev–Trinajstić information content (AvgIpc) is 3.82. The molecule has 2 aromatic carbocycles. The molecule has 0 N–H and O–H groups in total. The van der Waals surface area contributed by atoms with E-state index in [2.05, 4.69) is 33.0 Å². The van der Waals surface area contributed by atoms with Crippen LogP contribution in [0.2, 0.25) is 0 Å². The fourth-order valence-electron chi connectivity index (χ4n) is 2.98. The van der Waals surface area contributed by atoms with Gasteiger partial charge in [-0.05, 0) is 76.0 Å². The van der Waals surface area contributed by atoms with E-state index in [1.807, 2.05) is 89.1 Å². The Labute approximate surface area is 298 Å². The van der Waals surface area contributed by atoms with E-state index in [1.54, 1.807) is 59.1 Å². The molecule has 4 aromatic heterocycles. The van der Waals surface area contributed by atoms with Gasteiger partial charge in [0.05, 0.1) is 19.2 Å². The molecule has 0 radical (unpaired) electrons. The van der Waals surface area contributed by atoms with Crippen LogP contribution < -0.4 is 17.0 Å². The molecule has 42 heavy (non-hydrogen) atoms. The van der Waals surface area contributed by atoms with Gasteiger partial charge in [0.2, 0.25) is 11.6 Å². The van der Waals surface area contributed by atoms with Crippen LogP contribution in [0, 0.1) is 12.3 Å². The quantitative estimate of drug-likeness (QED) is 0.0802. The second-order valence-electron chi connectivity index (χ2n) is 7.83. The smallest absolute Gasteiger partial charge is 1.00 e. The van der Waals surface area contributed by atoms with Crippen LogP contribution in [0.4, 0.5) is 5.69 Å². The van der Waals surface area contributed by atoms with Crippen molar-refractivity contribution in [1.82, 2.24) is 0 Å². The second-order valence-corrected chi connectivity index (χ2v) is 12.8. The molecular formula is C32H25Br2MgNO2S4. The predicted octanol–water partition coefficient (Wildman–Crippen LogP) is 7.28. The Morgan fingerprint density at radius 2 is 1.21 bits per heavy atom. The van der Waals surface area contributed by atoms with Crippen LogP contribution >= 0.6 is 61.3 Å². The van der Waals surface area contributed by atoms with E-state index in [1.165, 1.54) is 32.0 Å². The molecule has 0 aliphatic heterocycles. The van der Waals surface area contributed by atoms with E-state index in [-0.39, 0.29) is 51.6 Å². The predicted molar refractivity (Wildman–Crippen MR) is 183 cm³/mol. The number of ketones is 2. The fraction of sp³-hybridized carbons (Fsp3) is 0.0312. The van der Waals surface area contributed by atoms with Crippen LogP contribution in [-0.2, 0) is 0 Å². The number of halogens is 2. The maximum Gasteiger partial charge on any atom is 2.00 e. The molecule has 6 aromatic rings. The van der Waals surface area contributed by atoms with Gasteiger partial charge in [-0.15, -0.1) is 39.4 Å². The van der Waals surface area contributed by atoms with Crippen molar-refractivity contribution >= 4 is 108 Å². The first kappa shape index (κ1) is 38.0. The molecule has 4 heterocycles. The summed E-state index contributed by atoms with van der Waals surface area (Å²) in [5.41, 5.74) is 3.40. The largest absolute Gasteiger partial charge is 2.00 e. The minimum absolute atomic E-state index is 0. The zero-order valence-electron chi connectivity index (χ0n) is 22.6. The number of carbonyl (C=O) groups is 2. The summed E-state index contributed by atoms with van der Waals surface area (Å²) in [5.74, 6) is -0.00903. The zero-order valence-corrected chi connectivity index (χ0v) is 30.5. The number of rotatable bonds is 5. The molecule has 0 fully saturated rings. The Kier molecular flexibility index (Phi) is 19.6. The van der Waals surface area contributed by atoms with Crippen LogP contribution in [0.1, 0.15) is 36.0 Å². The van der Waals surface area contributed by atoms with E-state index >= 15 is 0 Å². The Hall–Kier alpha value is -2.02. The van der Waals surface area contributed by atoms with Crippen LogP contribution in [0.5, 0.6) is 0 Å². The van der Waals surface area contributed by atoms with Crippen molar-refractivity contribution in [3.05, 3.63) is 154 Å². The number of benzene rings is 2. The first-order chi connectivity index (χ1) is 19.5. The van der Waals surface area contributed by atoms with E-state index in [0.29, 0.717) is 20.9 Å². The first-order valence-corrected chi connectivity index (χ1v) is 16.2. The summed E-state index contributed by atoms with van der Waals surface area (Å²) in [7, 11) is 0. The number of hydrogen-bond acceptors (Lipinski definition) is 7. The SMILES string of the molecule is Brc1cccs1.C=Nc1ccc(C)cc1.O=C(c1ccc(C(=O)c2cccs2)cc1)c1cccs1.[Br-].[Mg+2].[c-]1cccs1. The van der Waals surface area contributed by atoms with Crippen LogP contribution in [0.15, 0.2) is 127 Å². The second kappa shape index (κ2) is 21.6. The van der Waals surface area contributed by atoms with Gasteiger partial charge < -0.3 is 28.3 Å². The molecule has 6 rings (SSSR count). The maximum atomic E-state index is 12.1. The summed E-state index contributed by atoms with van der Waals surface area (Å²) >= 11 is 9.42. The van der Waals surface area contributed by atoms with Crippen LogP contribution in [-0.4, -0.2) is 41.3 Å². The van der Waals surface area contributed by atoms with Crippen molar-refractivity contribution in [2.24, 2.45) is 4.99 Å². The fourth-order valence-corrected chi connectivity index (χ4v) is 5.66. The molecule has 0 bridgehead atoms. The van der Waals surface area contributed by atoms with Gasteiger partial charge in [0.25, 0.3) is 0 Å². The summed E-state index contributed by atoms with van der Waals surface area (Å²) in [6.45, 7) is 5.46. The van der Waals surface area contributed by atoms with Gasteiger partial charge in [0.15, 0.2) is 0 Å². The maximum absolute atomic E-state index is 12.1. The number of aryl methyl sites for hydroxylation is 1. The molecule has 0 saturated heterocycles. The van der Waals surface area contributed by atoms with Crippen molar-refractivity contribution in [1.29, 1.82) is 0 Å². The number of nitrogens with zero attached hydrogens (tertiary/aromatic N) is 1. The van der Waals surface area contributed by atoms with Gasteiger partial charge in [-0.1, -0.05) is 60.2 Å². The molecule has 0 atom stereocenters. The summed E-state index contributed by atoms with van der Waals surface area (Å²) in [5, 5.41) is 10.7. The van der Waals surface area contributed by atoms with Gasteiger partial charge in [0, 0.05) is 11.1 Å². The summed E-state index contributed by atoms with van der Waals surface area (Å²) in [4.78, 5) is 29.5. The van der Waals surface area contributed by atoms with Gasteiger partial charge in [-0.3, -0.25) is 14.6 Å². The van der Waals surface area contributed by atoms with Gasteiger partial charge in [-0.2, -0.15) is 11.4 Å². The molecule has 0 spiro atoms. The van der Waals surface area contributed by atoms with E-state index < -0.39 is 0 Å². The van der Waals surface area contributed by atoms with Crippen molar-refractivity contribution < 1.29 is 26.6 Å². The molecular weight excluding hydrogens is 743 g/mol. The number of aliphatic imine (C=N–C) groups is 1. The Morgan fingerprint density at radius 1 is 0.714 bits per heavy atom. The van der Waals surface area contributed by atoms with Crippen LogP contribution in [0.25, 0.3) is 0 Å². The third kappa shape index (κ3) is 13.5. The number of thiophene rings is 4. The van der Waals surface area contributed by atoms with Gasteiger partial charge >= 0.3 is 23.1 Å². The normalized spacial score (nSPS) is 9.10. The van der Waals surface area contributed by atoms with Crippen molar-refractivity contribution in [2.75, 3.05) is 0 Å². The van der Waals surface area contributed by atoms with Crippen molar-refractivity contribution in [3.63, 3.8) is 0 Å². The van der Waals surface area contributed by atoms with Crippen molar-refractivity contribution in [2.45, 2.75) is 6.92 Å². The zero-order chi connectivity index (χ0) is 28.6. The Balaban J connectivity index is 0.000000331. The third-order valence-corrected chi connectivity index (χ3v) is 8.76. The van der Waals surface area contributed by atoms with E-state index in [0.717, 1.165) is 5.69 Å². The van der Waals surface area contributed by atoms with Crippen molar-refractivity contribution in [3.8, 4) is 0 Å². The average molecular weight is 768 g/mol. The summed E-state index contributed by atoms with van der Waals surface area (Å²) < 4.78 is 1.20. The molecule has 210 valence electrons. The summed E-state index contributed by atoms with van der Waals surface area (Å²) in [6.07, 6.45) is 0. The molecule has 0 aliphatic carbocycles. The van der Waals surface area contributed by atoms with E-state index in [4.69, 9.17) is 0 Å². The van der Waals surface area contributed by atoms with E-state index in [9.17, 15) is 9.59 Å². The molecule has 0 unspecified atom stereocenters. The topological polar surface area (TPSA) is 46.5 Å². The number of hydrogen-bond donors (Lipinski definition) is 0. The monoisotopic (exact) mass is 765 g/mol. The Bertz CT molecular complexity index is 1450. The Morgan fingerprint density at radius 3 is 1.50 bits per heavy atom. The minimum atomic E-state index is -0.00452. The number of carbonyl (C=O) groups excluding carboxylic acids is 2. The third-order valence-electron chi connectivity index (χ3n) is 4.98. The molecule has 0 aliphatic rings. The standard InChI is InChI=1S/C16H10O2S2.C8H9N.C4H3BrS.C4H3S.BrH.Mg/c17-15(13-3-1-9-19-13)11-5-7-12(8-6-11)16(18)14-4-2-10-20-14;1-7-3-5-8(9-2)6-4-7;5-4-2-1-3-6-4;1-2-4-5-3-1;;/h1-10H;3-6H,2H2,1H3;1-3H;1-3H;1H;/q;;;-1;;+2/p-1. The molecule has 0 amide bonds.